The minimum absolute atomic E-state index is 0.0181. The Hall–Kier alpha value is -1.07. The smallest absolute Gasteiger partial charge is 0.246 e. The van der Waals surface area contributed by atoms with Crippen LogP contribution in [-0.2, 0) is 4.79 Å². The van der Waals surface area contributed by atoms with Gasteiger partial charge in [-0.3, -0.25) is 4.79 Å². The summed E-state index contributed by atoms with van der Waals surface area (Å²) in [6.45, 7) is 6.01. The first-order chi connectivity index (χ1) is 8.84. The summed E-state index contributed by atoms with van der Waals surface area (Å²) >= 11 is 3.49. The number of rotatable bonds is 3. The summed E-state index contributed by atoms with van der Waals surface area (Å²) in [5.41, 5.74) is 7.82. The molecule has 0 aliphatic carbocycles. The molecule has 2 N–H and O–H groups in total. The summed E-state index contributed by atoms with van der Waals surface area (Å²) in [6, 6.07) is 5.99. The first-order valence-corrected chi connectivity index (χ1v) is 7.14. The SMILES string of the molecule is CN1C(=O)CN(CC(C)(C)CN)c2cc(Br)ccc21. The third-order valence-corrected chi connectivity index (χ3v) is 4.00. The van der Waals surface area contributed by atoms with Gasteiger partial charge in [-0.2, -0.15) is 0 Å². The minimum atomic E-state index is -0.0181. The summed E-state index contributed by atoms with van der Waals surface area (Å²) in [5.74, 6) is 0.114. The van der Waals surface area contributed by atoms with Crippen molar-refractivity contribution < 1.29 is 4.79 Å². The molecule has 1 amide bonds. The Bertz CT molecular complexity index is 501. The van der Waals surface area contributed by atoms with Crippen LogP contribution in [0.4, 0.5) is 11.4 Å². The molecule has 0 fully saturated rings. The van der Waals surface area contributed by atoms with Crippen LogP contribution in [0.15, 0.2) is 22.7 Å². The number of nitrogens with zero attached hydrogens (tertiary/aromatic N) is 2. The van der Waals surface area contributed by atoms with Crippen molar-refractivity contribution in [1.29, 1.82) is 0 Å². The first kappa shape index (κ1) is 14.3. The standard InChI is InChI=1S/C14H20BrN3O/c1-14(2,8-16)9-18-7-13(19)17(3)11-5-4-10(15)6-12(11)18/h4-6H,7-9,16H2,1-3H3. The van der Waals surface area contributed by atoms with Crippen LogP contribution in [0, 0.1) is 5.41 Å². The number of halogens is 1. The molecule has 1 aromatic carbocycles. The van der Waals surface area contributed by atoms with Gasteiger partial charge in [-0.25, -0.2) is 0 Å². The molecular formula is C14H20BrN3O. The zero-order valence-electron chi connectivity index (χ0n) is 11.6. The van der Waals surface area contributed by atoms with Crippen molar-refractivity contribution in [3.05, 3.63) is 22.7 Å². The number of hydrogen-bond acceptors (Lipinski definition) is 3. The molecule has 0 spiro atoms. The molecule has 5 heteroatoms. The molecule has 1 aliphatic rings. The number of benzene rings is 1. The Morgan fingerprint density at radius 3 is 2.68 bits per heavy atom. The highest BCUT2D eigenvalue weighted by atomic mass is 79.9. The third-order valence-electron chi connectivity index (χ3n) is 3.51. The molecule has 19 heavy (non-hydrogen) atoms. The number of hydrogen-bond donors (Lipinski definition) is 1. The molecule has 0 saturated carbocycles. The number of likely N-dealkylation sites (N-methyl/N-ethyl adjacent to an activating group) is 1. The van der Waals surface area contributed by atoms with Gasteiger partial charge in [0.1, 0.15) is 0 Å². The molecule has 2 rings (SSSR count). The van der Waals surface area contributed by atoms with Gasteiger partial charge in [-0.05, 0) is 30.2 Å². The van der Waals surface area contributed by atoms with Gasteiger partial charge in [-0.1, -0.05) is 29.8 Å². The average molecular weight is 326 g/mol. The van der Waals surface area contributed by atoms with E-state index in [0.717, 1.165) is 22.4 Å². The van der Waals surface area contributed by atoms with Crippen LogP contribution >= 0.6 is 15.9 Å². The lowest BCUT2D eigenvalue weighted by molar-refractivity contribution is -0.117. The van der Waals surface area contributed by atoms with E-state index in [1.54, 1.807) is 4.90 Å². The van der Waals surface area contributed by atoms with Crippen LogP contribution in [0.25, 0.3) is 0 Å². The molecule has 104 valence electrons. The van der Waals surface area contributed by atoms with Crippen molar-refractivity contribution in [2.75, 3.05) is 36.5 Å². The molecule has 0 saturated heterocycles. The predicted octanol–water partition coefficient (Wildman–Crippen LogP) is 2.22. The van der Waals surface area contributed by atoms with Gasteiger partial charge < -0.3 is 15.5 Å². The van der Waals surface area contributed by atoms with E-state index >= 15 is 0 Å². The molecule has 0 radical (unpaired) electrons. The van der Waals surface area contributed by atoms with Crippen LogP contribution in [0.2, 0.25) is 0 Å². The molecule has 0 unspecified atom stereocenters. The number of fused-ring (bicyclic) bond motifs is 1. The van der Waals surface area contributed by atoms with Crippen molar-refractivity contribution in [3.8, 4) is 0 Å². The molecule has 1 heterocycles. The Balaban J connectivity index is 2.39. The van der Waals surface area contributed by atoms with Crippen molar-refractivity contribution in [2.45, 2.75) is 13.8 Å². The van der Waals surface area contributed by atoms with Crippen LogP contribution < -0.4 is 15.5 Å². The fourth-order valence-electron chi connectivity index (χ4n) is 2.24. The second kappa shape index (κ2) is 5.13. The fourth-order valence-corrected chi connectivity index (χ4v) is 2.59. The van der Waals surface area contributed by atoms with Gasteiger partial charge in [-0.15, -0.1) is 0 Å². The van der Waals surface area contributed by atoms with E-state index in [2.05, 4.69) is 40.7 Å². The Labute approximate surface area is 122 Å². The number of amides is 1. The zero-order chi connectivity index (χ0) is 14.2. The molecular weight excluding hydrogens is 306 g/mol. The van der Waals surface area contributed by atoms with Crippen LogP contribution in [0.1, 0.15) is 13.8 Å². The second-order valence-electron chi connectivity index (χ2n) is 5.81. The van der Waals surface area contributed by atoms with E-state index in [0.29, 0.717) is 13.1 Å². The normalized spacial score (nSPS) is 15.7. The summed E-state index contributed by atoms with van der Waals surface area (Å²) in [7, 11) is 1.82. The quantitative estimate of drug-likeness (QED) is 0.927. The van der Waals surface area contributed by atoms with Crippen molar-refractivity contribution in [3.63, 3.8) is 0 Å². The molecule has 4 nitrogen and oxygen atoms in total. The lowest BCUT2D eigenvalue weighted by Crippen LogP contribution is -2.48. The summed E-state index contributed by atoms with van der Waals surface area (Å²) in [4.78, 5) is 15.9. The maximum atomic E-state index is 12.1. The topological polar surface area (TPSA) is 49.6 Å². The Kier molecular flexibility index (Phi) is 3.87. The third kappa shape index (κ3) is 2.92. The summed E-state index contributed by atoms with van der Waals surface area (Å²) < 4.78 is 1.02. The second-order valence-corrected chi connectivity index (χ2v) is 6.73. The zero-order valence-corrected chi connectivity index (χ0v) is 13.2. The van der Waals surface area contributed by atoms with E-state index in [4.69, 9.17) is 5.73 Å². The maximum absolute atomic E-state index is 12.1. The van der Waals surface area contributed by atoms with E-state index in [1.807, 2.05) is 19.2 Å². The number of nitrogens with two attached hydrogens (primary N) is 1. The summed E-state index contributed by atoms with van der Waals surface area (Å²) in [5, 5.41) is 0. The molecule has 1 aliphatic heterocycles. The van der Waals surface area contributed by atoms with Crippen LogP contribution in [-0.4, -0.2) is 32.6 Å². The highest BCUT2D eigenvalue weighted by Crippen LogP contribution is 2.36. The van der Waals surface area contributed by atoms with Gasteiger partial charge >= 0.3 is 0 Å². The van der Waals surface area contributed by atoms with Gasteiger partial charge in [0.25, 0.3) is 0 Å². The fraction of sp³-hybridized carbons (Fsp3) is 0.500. The monoisotopic (exact) mass is 325 g/mol. The number of anilines is 2. The van der Waals surface area contributed by atoms with Crippen molar-refractivity contribution >= 4 is 33.2 Å². The Morgan fingerprint density at radius 2 is 2.05 bits per heavy atom. The van der Waals surface area contributed by atoms with E-state index in [-0.39, 0.29) is 11.3 Å². The average Bonchev–Trinajstić information content (AvgIpc) is 2.35. The van der Waals surface area contributed by atoms with E-state index in [1.165, 1.54) is 0 Å². The largest absolute Gasteiger partial charge is 0.360 e. The number of carbonyl (C=O) groups excluding carboxylic acids is 1. The van der Waals surface area contributed by atoms with Gasteiger partial charge in [0.15, 0.2) is 0 Å². The highest BCUT2D eigenvalue weighted by Gasteiger charge is 2.30. The number of carbonyl (C=O) groups is 1. The first-order valence-electron chi connectivity index (χ1n) is 6.35. The maximum Gasteiger partial charge on any atom is 0.246 e. The minimum Gasteiger partial charge on any atom is -0.360 e. The molecule has 1 aromatic rings. The van der Waals surface area contributed by atoms with E-state index < -0.39 is 0 Å². The Morgan fingerprint density at radius 1 is 1.37 bits per heavy atom. The van der Waals surface area contributed by atoms with Crippen LogP contribution in [0.5, 0.6) is 0 Å². The molecule has 0 atom stereocenters. The van der Waals surface area contributed by atoms with Gasteiger partial charge in [0, 0.05) is 18.1 Å². The lowest BCUT2D eigenvalue weighted by Gasteiger charge is -2.39. The summed E-state index contributed by atoms with van der Waals surface area (Å²) in [6.07, 6.45) is 0. The highest BCUT2D eigenvalue weighted by molar-refractivity contribution is 9.10. The molecule has 0 bridgehead atoms. The van der Waals surface area contributed by atoms with Gasteiger partial charge in [0.05, 0.1) is 17.9 Å². The van der Waals surface area contributed by atoms with Crippen molar-refractivity contribution in [2.24, 2.45) is 11.1 Å². The lowest BCUT2D eigenvalue weighted by atomic mass is 9.92. The van der Waals surface area contributed by atoms with Crippen LogP contribution in [0.3, 0.4) is 0 Å². The van der Waals surface area contributed by atoms with Gasteiger partial charge in [0.2, 0.25) is 5.91 Å². The van der Waals surface area contributed by atoms with E-state index in [9.17, 15) is 4.79 Å². The predicted molar refractivity (Wildman–Crippen MR) is 82.6 cm³/mol. The molecule has 0 aromatic heterocycles. The van der Waals surface area contributed by atoms with Crippen molar-refractivity contribution in [1.82, 2.24) is 0 Å².